The number of non-ortho nitro benzene ring substituents is 1. The Kier molecular flexibility index (Phi) is 6.74. The van der Waals surface area contributed by atoms with Crippen LogP contribution in [0.3, 0.4) is 0 Å². The molecule has 1 N–H and O–H groups in total. The van der Waals surface area contributed by atoms with Gasteiger partial charge in [0, 0.05) is 22.3 Å². The van der Waals surface area contributed by atoms with E-state index in [1.807, 2.05) is 6.07 Å². The Morgan fingerprint density at radius 3 is 2.43 bits per heavy atom. The molecular weight excluding hydrogens is 430 g/mol. The molecule has 8 nitrogen and oxygen atoms in total. The van der Waals surface area contributed by atoms with Gasteiger partial charge in [-0.3, -0.25) is 14.9 Å². The molecule has 0 fully saturated rings. The van der Waals surface area contributed by atoms with E-state index in [-0.39, 0.29) is 11.3 Å². The number of rotatable bonds is 6. The average molecular weight is 446 g/mol. The third kappa shape index (κ3) is 4.66. The number of hydrogen-bond donors (Lipinski definition) is 1. The molecule has 0 aromatic heterocycles. The van der Waals surface area contributed by atoms with Gasteiger partial charge in [0.25, 0.3) is 11.6 Å². The van der Waals surface area contributed by atoms with Crippen LogP contribution in [0.25, 0.3) is 6.08 Å². The van der Waals surface area contributed by atoms with Gasteiger partial charge in [-0.15, -0.1) is 0 Å². The molecule has 1 amide bonds. The maximum Gasteiger partial charge on any atom is 0.269 e. The van der Waals surface area contributed by atoms with E-state index in [0.29, 0.717) is 32.8 Å². The number of nitro groups is 1. The fraction of sp³-hybridized carbons (Fsp3) is 0.158. The number of nitrogens with zero attached hydrogens (tertiary/aromatic N) is 2. The Labute approximate surface area is 169 Å². The molecule has 2 rings (SSSR count). The van der Waals surface area contributed by atoms with Crippen molar-refractivity contribution in [2.24, 2.45) is 0 Å². The number of anilines is 1. The highest BCUT2D eigenvalue weighted by Crippen LogP contribution is 2.34. The van der Waals surface area contributed by atoms with Crippen LogP contribution in [0.4, 0.5) is 11.4 Å². The monoisotopic (exact) mass is 445 g/mol. The standard InChI is InChI=1S/C19H16BrN3O5/c1-11-6-14(23(25)26)4-5-16(11)22-19(24)13(10-21)7-12-8-17(27-2)18(28-3)9-15(12)20/h4-9H,1-3H3,(H,22,24)/b13-7+. The van der Waals surface area contributed by atoms with E-state index in [1.165, 1.54) is 38.5 Å². The lowest BCUT2D eigenvalue weighted by molar-refractivity contribution is -0.384. The highest BCUT2D eigenvalue weighted by atomic mass is 79.9. The summed E-state index contributed by atoms with van der Waals surface area (Å²) in [5, 5.41) is 22.8. The Morgan fingerprint density at radius 2 is 1.89 bits per heavy atom. The number of benzene rings is 2. The Balaban J connectivity index is 2.34. The largest absolute Gasteiger partial charge is 0.493 e. The first kappa shape index (κ1) is 20.9. The number of amides is 1. The van der Waals surface area contributed by atoms with Crippen molar-refractivity contribution in [2.45, 2.75) is 6.92 Å². The van der Waals surface area contributed by atoms with E-state index < -0.39 is 10.8 Å². The molecule has 0 aliphatic rings. The van der Waals surface area contributed by atoms with E-state index in [0.717, 1.165) is 0 Å². The topological polar surface area (TPSA) is 114 Å². The van der Waals surface area contributed by atoms with E-state index in [9.17, 15) is 20.2 Å². The van der Waals surface area contributed by atoms with Crippen LogP contribution in [0.5, 0.6) is 11.5 Å². The minimum absolute atomic E-state index is 0.0826. The maximum absolute atomic E-state index is 12.5. The van der Waals surface area contributed by atoms with Gasteiger partial charge in [-0.25, -0.2) is 0 Å². The van der Waals surface area contributed by atoms with Crippen LogP contribution < -0.4 is 14.8 Å². The summed E-state index contributed by atoms with van der Waals surface area (Å²) in [6.45, 7) is 1.63. The van der Waals surface area contributed by atoms with Crippen LogP contribution in [-0.4, -0.2) is 25.1 Å². The minimum atomic E-state index is -0.638. The zero-order chi connectivity index (χ0) is 20.8. The summed E-state index contributed by atoms with van der Waals surface area (Å²) in [4.78, 5) is 22.8. The molecule has 28 heavy (non-hydrogen) atoms. The van der Waals surface area contributed by atoms with E-state index >= 15 is 0 Å². The van der Waals surface area contributed by atoms with E-state index in [1.54, 1.807) is 19.1 Å². The molecule has 0 aliphatic carbocycles. The average Bonchev–Trinajstić information content (AvgIpc) is 2.67. The van der Waals surface area contributed by atoms with Crippen molar-refractivity contribution in [3.8, 4) is 17.6 Å². The van der Waals surface area contributed by atoms with Gasteiger partial charge in [0.05, 0.1) is 19.1 Å². The van der Waals surface area contributed by atoms with Crippen LogP contribution >= 0.6 is 15.9 Å². The fourth-order valence-electron chi connectivity index (χ4n) is 2.38. The van der Waals surface area contributed by atoms with Gasteiger partial charge in [-0.05, 0) is 42.3 Å². The van der Waals surface area contributed by atoms with Gasteiger partial charge in [-0.1, -0.05) is 15.9 Å². The molecule has 0 spiro atoms. The molecule has 144 valence electrons. The zero-order valence-electron chi connectivity index (χ0n) is 15.3. The molecule has 9 heteroatoms. The second kappa shape index (κ2) is 9.01. The number of aryl methyl sites for hydroxylation is 1. The highest BCUT2D eigenvalue weighted by Gasteiger charge is 2.15. The quantitative estimate of drug-likeness (QED) is 0.308. The summed E-state index contributed by atoms with van der Waals surface area (Å²) in [5.74, 6) is 0.304. The second-order valence-corrected chi connectivity index (χ2v) is 6.46. The summed E-state index contributed by atoms with van der Waals surface area (Å²) in [6, 6.07) is 9.20. The molecule has 0 aliphatic heterocycles. The predicted octanol–water partition coefficient (Wildman–Crippen LogP) is 4.23. The molecule has 0 atom stereocenters. The van der Waals surface area contributed by atoms with Crippen molar-refractivity contribution >= 4 is 39.3 Å². The van der Waals surface area contributed by atoms with Gasteiger partial charge >= 0.3 is 0 Å². The predicted molar refractivity (Wildman–Crippen MR) is 107 cm³/mol. The molecule has 0 radical (unpaired) electrons. The van der Waals surface area contributed by atoms with Crippen molar-refractivity contribution in [3.63, 3.8) is 0 Å². The lowest BCUT2D eigenvalue weighted by atomic mass is 10.1. The number of carbonyl (C=O) groups is 1. The summed E-state index contributed by atoms with van der Waals surface area (Å²) < 4.78 is 11.0. The molecular formula is C19H16BrN3O5. The van der Waals surface area contributed by atoms with Crippen molar-refractivity contribution in [3.05, 3.63) is 61.6 Å². The molecule has 0 heterocycles. The first-order chi connectivity index (χ1) is 13.3. The number of nitriles is 1. The van der Waals surface area contributed by atoms with Gasteiger partial charge < -0.3 is 14.8 Å². The van der Waals surface area contributed by atoms with E-state index in [4.69, 9.17) is 9.47 Å². The van der Waals surface area contributed by atoms with Crippen LogP contribution in [-0.2, 0) is 4.79 Å². The lowest BCUT2D eigenvalue weighted by Crippen LogP contribution is -2.14. The number of nitrogens with one attached hydrogen (secondary N) is 1. The van der Waals surface area contributed by atoms with E-state index in [2.05, 4.69) is 21.2 Å². The minimum Gasteiger partial charge on any atom is -0.493 e. The van der Waals surface area contributed by atoms with Crippen LogP contribution in [0.1, 0.15) is 11.1 Å². The Hall–Kier alpha value is -3.38. The van der Waals surface area contributed by atoms with Crippen molar-refractivity contribution in [1.29, 1.82) is 5.26 Å². The summed E-state index contributed by atoms with van der Waals surface area (Å²) >= 11 is 3.37. The lowest BCUT2D eigenvalue weighted by Gasteiger charge is -2.11. The SMILES string of the molecule is COc1cc(Br)c(/C=C(\C#N)C(=O)Nc2ccc([N+](=O)[O-])cc2C)cc1OC. The normalized spacial score (nSPS) is 10.8. The third-order valence-electron chi connectivity index (χ3n) is 3.84. The first-order valence-corrected chi connectivity index (χ1v) is 8.69. The number of methoxy groups -OCH3 is 2. The summed E-state index contributed by atoms with van der Waals surface area (Å²) in [7, 11) is 2.98. The van der Waals surface area contributed by atoms with Gasteiger partial charge in [0.1, 0.15) is 11.6 Å². The van der Waals surface area contributed by atoms with Gasteiger partial charge in [0.2, 0.25) is 0 Å². The van der Waals surface area contributed by atoms with Crippen LogP contribution in [0, 0.1) is 28.4 Å². The van der Waals surface area contributed by atoms with Gasteiger partial charge in [0.15, 0.2) is 11.5 Å². The van der Waals surface area contributed by atoms with Crippen molar-refractivity contribution in [2.75, 3.05) is 19.5 Å². The Bertz CT molecular complexity index is 1010. The molecule has 0 saturated carbocycles. The summed E-state index contributed by atoms with van der Waals surface area (Å²) in [5.41, 5.74) is 1.20. The molecule has 0 unspecified atom stereocenters. The second-order valence-electron chi connectivity index (χ2n) is 5.61. The molecule has 0 bridgehead atoms. The number of hydrogen-bond acceptors (Lipinski definition) is 6. The van der Waals surface area contributed by atoms with Crippen molar-refractivity contribution < 1.29 is 19.2 Å². The third-order valence-corrected chi connectivity index (χ3v) is 4.52. The van der Waals surface area contributed by atoms with Crippen LogP contribution in [0.2, 0.25) is 0 Å². The fourth-order valence-corrected chi connectivity index (χ4v) is 2.81. The maximum atomic E-state index is 12.5. The highest BCUT2D eigenvalue weighted by molar-refractivity contribution is 9.10. The Morgan fingerprint density at radius 1 is 1.25 bits per heavy atom. The van der Waals surface area contributed by atoms with Gasteiger partial charge in [-0.2, -0.15) is 5.26 Å². The molecule has 0 saturated heterocycles. The smallest absolute Gasteiger partial charge is 0.269 e. The van der Waals surface area contributed by atoms with Crippen molar-refractivity contribution in [1.82, 2.24) is 0 Å². The summed E-state index contributed by atoms with van der Waals surface area (Å²) in [6.07, 6.45) is 1.40. The molecule has 2 aromatic carbocycles. The zero-order valence-corrected chi connectivity index (χ0v) is 16.9. The van der Waals surface area contributed by atoms with Crippen LogP contribution in [0.15, 0.2) is 40.4 Å². The first-order valence-electron chi connectivity index (χ1n) is 7.90. The number of ether oxygens (including phenoxy) is 2. The molecule has 2 aromatic rings. The number of halogens is 1. The number of nitro benzene ring substituents is 1. The number of carbonyl (C=O) groups excluding carboxylic acids is 1.